The number of rotatable bonds is 9. The summed E-state index contributed by atoms with van der Waals surface area (Å²) in [6, 6.07) is 3.97. The first-order chi connectivity index (χ1) is 16.4. The second-order valence-electron chi connectivity index (χ2n) is 8.28. The van der Waals surface area contributed by atoms with E-state index >= 15 is 0 Å². The molecule has 0 fully saturated rings. The molecule has 0 radical (unpaired) electrons. The van der Waals surface area contributed by atoms with Crippen LogP contribution in [0.4, 0.5) is 10.8 Å². The van der Waals surface area contributed by atoms with E-state index in [-0.39, 0.29) is 5.78 Å². The highest BCUT2D eigenvalue weighted by Gasteiger charge is 2.15. The number of aromatic nitrogens is 7. The summed E-state index contributed by atoms with van der Waals surface area (Å²) in [6.45, 7) is 3.91. The van der Waals surface area contributed by atoms with E-state index in [9.17, 15) is 4.79 Å². The number of aryl methyl sites for hydroxylation is 4. The zero-order valence-electron chi connectivity index (χ0n) is 19.1. The Labute approximate surface area is 204 Å². The van der Waals surface area contributed by atoms with Crippen molar-refractivity contribution in [2.24, 2.45) is 7.05 Å². The van der Waals surface area contributed by atoms with E-state index in [1.807, 2.05) is 62.2 Å². The Balaban J connectivity index is 1.39. The highest BCUT2D eigenvalue weighted by molar-refractivity contribution is 7.10. The summed E-state index contributed by atoms with van der Waals surface area (Å²) in [6.07, 6.45) is 9.99. The molecule has 11 heteroatoms. The topological polar surface area (TPSA) is 103 Å². The molecular formula is C23H24N8OS2. The van der Waals surface area contributed by atoms with Crippen LogP contribution in [0.3, 0.4) is 0 Å². The van der Waals surface area contributed by atoms with Gasteiger partial charge in [0.2, 0.25) is 0 Å². The average molecular weight is 493 g/mol. The molecule has 0 aliphatic carbocycles. The van der Waals surface area contributed by atoms with Crippen LogP contribution in [0.25, 0.3) is 16.9 Å². The lowest BCUT2D eigenvalue weighted by Crippen LogP contribution is -2.05. The number of nitrogens with zero attached hydrogens (tertiary/aromatic N) is 7. The van der Waals surface area contributed by atoms with Gasteiger partial charge in [0.05, 0.1) is 35.2 Å². The molecule has 9 nitrogen and oxygen atoms in total. The van der Waals surface area contributed by atoms with Gasteiger partial charge in [0, 0.05) is 42.7 Å². The van der Waals surface area contributed by atoms with Crippen molar-refractivity contribution < 1.29 is 4.79 Å². The van der Waals surface area contributed by atoms with Gasteiger partial charge in [-0.25, -0.2) is 9.97 Å². The third-order valence-corrected chi connectivity index (χ3v) is 7.02. The van der Waals surface area contributed by atoms with Gasteiger partial charge in [-0.05, 0) is 61.9 Å². The molecule has 0 saturated heterocycles. The van der Waals surface area contributed by atoms with Gasteiger partial charge < -0.3 is 5.32 Å². The van der Waals surface area contributed by atoms with E-state index < -0.39 is 0 Å². The van der Waals surface area contributed by atoms with Crippen molar-refractivity contribution in [3.05, 3.63) is 58.9 Å². The molecule has 0 bridgehead atoms. The molecule has 174 valence electrons. The van der Waals surface area contributed by atoms with Crippen LogP contribution in [0.2, 0.25) is 0 Å². The predicted molar refractivity (Wildman–Crippen MR) is 134 cm³/mol. The van der Waals surface area contributed by atoms with Crippen LogP contribution in [-0.4, -0.2) is 38.7 Å². The number of carbonyl (C=O) groups is 1. The Morgan fingerprint density at radius 1 is 1.09 bits per heavy atom. The fourth-order valence-electron chi connectivity index (χ4n) is 3.80. The molecule has 0 aromatic carbocycles. The van der Waals surface area contributed by atoms with Crippen molar-refractivity contribution in [1.82, 2.24) is 32.9 Å². The van der Waals surface area contributed by atoms with Gasteiger partial charge in [-0.15, -0.1) is 0 Å². The summed E-state index contributed by atoms with van der Waals surface area (Å²) in [5.74, 6) is 0.893. The molecular weight excluding hydrogens is 468 g/mol. The molecule has 5 rings (SSSR count). The summed E-state index contributed by atoms with van der Waals surface area (Å²) < 4.78 is 12.4. The first kappa shape index (κ1) is 22.4. The number of Topliss-reactive ketones (excluding diaryl/α,β-unsaturated/α-hetero) is 1. The quantitative estimate of drug-likeness (QED) is 0.322. The number of imidazole rings is 1. The molecule has 0 spiro atoms. The first-order valence-electron chi connectivity index (χ1n) is 10.9. The molecule has 1 N–H and O–H groups in total. The summed E-state index contributed by atoms with van der Waals surface area (Å²) in [5, 5.41) is 8.58. The van der Waals surface area contributed by atoms with Gasteiger partial charge in [-0.2, -0.15) is 13.8 Å². The second kappa shape index (κ2) is 9.43. The lowest BCUT2D eigenvalue weighted by molar-refractivity contribution is -0.118. The number of fused-ring (bicyclic) bond motifs is 1. The molecule has 0 atom stereocenters. The van der Waals surface area contributed by atoms with E-state index in [1.165, 1.54) is 23.1 Å². The van der Waals surface area contributed by atoms with E-state index in [2.05, 4.69) is 24.1 Å². The Bertz CT molecular complexity index is 1460. The number of ketones is 1. The summed E-state index contributed by atoms with van der Waals surface area (Å²) in [4.78, 5) is 23.0. The minimum Gasteiger partial charge on any atom is -0.328 e. The number of hydrogen-bond donors (Lipinski definition) is 1. The molecule has 5 aromatic rings. The number of hydrogen-bond acceptors (Lipinski definition) is 9. The number of anilines is 2. The highest BCUT2D eigenvalue weighted by Crippen LogP contribution is 2.28. The van der Waals surface area contributed by atoms with E-state index in [1.54, 1.807) is 4.68 Å². The Hall–Kier alpha value is -3.44. The number of nitrogens with one attached hydrogen (secondary N) is 1. The fourth-order valence-corrected chi connectivity index (χ4v) is 5.22. The first-order valence-corrected chi connectivity index (χ1v) is 12.5. The van der Waals surface area contributed by atoms with Gasteiger partial charge in [-0.1, -0.05) is 0 Å². The van der Waals surface area contributed by atoms with Gasteiger partial charge in [0.25, 0.3) is 0 Å². The molecule has 34 heavy (non-hydrogen) atoms. The van der Waals surface area contributed by atoms with Crippen LogP contribution in [0.15, 0.2) is 36.9 Å². The zero-order valence-corrected chi connectivity index (χ0v) is 20.8. The Morgan fingerprint density at radius 2 is 1.91 bits per heavy atom. The predicted octanol–water partition coefficient (Wildman–Crippen LogP) is 4.54. The van der Waals surface area contributed by atoms with Crippen molar-refractivity contribution in [3.63, 3.8) is 0 Å². The lowest BCUT2D eigenvalue weighted by atomic mass is 10.1. The number of carbonyl (C=O) groups excluding carboxylic acids is 1. The van der Waals surface area contributed by atoms with Crippen LogP contribution in [0.1, 0.15) is 34.8 Å². The minimum atomic E-state index is 0.224. The van der Waals surface area contributed by atoms with Crippen molar-refractivity contribution in [1.29, 1.82) is 0 Å². The van der Waals surface area contributed by atoms with Crippen LogP contribution in [0.5, 0.6) is 0 Å². The maximum Gasteiger partial charge on any atom is 0.180 e. The average Bonchev–Trinajstić information content (AvgIpc) is 3.57. The summed E-state index contributed by atoms with van der Waals surface area (Å²) in [5.41, 5.74) is 5.44. The maximum atomic E-state index is 12.5. The fraction of sp³-hybridized carbons (Fsp3) is 0.304. The summed E-state index contributed by atoms with van der Waals surface area (Å²) in [7, 11) is 1.89. The normalized spacial score (nSPS) is 11.4. The third kappa shape index (κ3) is 4.90. The van der Waals surface area contributed by atoms with E-state index in [0.717, 1.165) is 50.3 Å². The highest BCUT2D eigenvalue weighted by atomic mass is 32.1. The summed E-state index contributed by atoms with van der Waals surface area (Å²) >= 11 is 2.79. The van der Waals surface area contributed by atoms with Gasteiger partial charge in [0.15, 0.2) is 11.5 Å². The largest absolute Gasteiger partial charge is 0.328 e. The SMILES string of the molecule is Cc1cc(CC(=O)CCCc2cn3c(-c4cnn(C)c4)cnc3c(Nc3cc(C)ns3)n2)sn1. The van der Waals surface area contributed by atoms with E-state index in [4.69, 9.17) is 4.98 Å². The van der Waals surface area contributed by atoms with Gasteiger partial charge in [-0.3, -0.25) is 13.9 Å². The second-order valence-corrected chi connectivity index (χ2v) is 9.98. The van der Waals surface area contributed by atoms with Crippen molar-refractivity contribution in [2.45, 2.75) is 39.5 Å². The van der Waals surface area contributed by atoms with E-state index in [0.29, 0.717) is 25.1 Å². The van der Waals surface area contributed by atoms with Crippen molar-refractivity contribution in [3.8, 4) is 11.3 Å². The zero-order chi connectivity index (χ0) is 23.7. The van der Waals surface area contributed by atoms with Crippen molar-refractivity contribution >= 4 is 45.3 Å². The Kier molecular flexibility index (Phi) is 6.20. The smallest absolute Gasteiger partial charge is 0.180 e. The van der Waals surface area contributed by atoms with Crippen LogP contribution in [-0.2, 0) is 24.7 Å². The van der Waals surface area contributed by atoms with Crippen LogP contribution >= 0.6 is 23.1 Å². The van der Waals surface area contributed by atoms with Crippen LogP contribution < -0.4 is 5.32 Å². The molecule has 0 amide bonds. The molecule has 5 aromatic heterocycles. The molecule has 0 aliphatic heterocycles. The molecule has 5 heterocycles. The molecule has 0 saturated carbocycles. The lowest BCUT2D eigenvalue weighted by Gasteiger charge is -2.09. The Morgan fingerprint density at radius 3 is 2.62 bits per heavy atom. The third-order valence-electron chi connectivity index (χ3n) is 5.35. The van der Waals surface area contributed by atoms with Gasteiger partial charge in [0.1, 0.15) is 10.8 Å². The molecule has 0 unspecified atom stereocenters. The van der Waals surface area contributed by atoms with Crippen molar-refractivity contribution in [2.75, 3.05) is 5.32 Å². The van der Waals surface area contributed by atoms with Gasteiger partial charge >= 0.3 is 0 Å². The molecule has 0 aliphatic rings. The standard InChI is InChI=1S/C23H24N8OS2/c1-14-7-19(33-28-14)9-18(32)6-4-5-17-13-31-20(16-10-25-30(3)12-16)11-24-23(31)22(26-17)27-21-8-15(2)29-34-21/h7-8,10-13H,4-6,9H2,1-3H3,(H,26,27). The minimum absolute atomic E-state index is 0.224. The maximum absolute atomic E-state index is 12.5. The monoisotopic (exact) mass is 492 g/mol. The van der Waals surface area contributed by atoms with Crippen LogP contribution in [0, 0.1) is 13.8 Å².